The highest BCUT2D eigenvalue weighted by atomic mass is 17.2. The summed E-state index contributed by atoms with van der Waals surface area (Å²) in [6, 6.07) is 0.404. The molecule has 1 rings (SSSR count). The smallest absolute Gasteiger partial charge is 0.219 e. The van der Waals surface area contributed by atoms with Crippen LogP contribution >= 0.6 is 0 Å². The van der Waals surface area contributed by atoms with E-state index in [1.54, 1.807) is 0 Å². The molecule has 5 nitrogen and oxygen atoms in total. The van der Waals surface area contributed by atoms with Crippen LogP contribution in [0, 0.1) is 0 Å². The molecule has 1 aliphatic rings. The molecule has 0 radical (unpaired) electrons. The lowest BCUT2D eigenvalue weighted by Gasteiger charge is -2.28. The predicted octanol–water partition coefficient (Wildman–Crippen LogP) is 4.97. The fraction of sp³-hybridized carbons (Fsp3) is 0.864. The van der Waals surface area contributed by atoms with Crippen molar-refractivity contribution < 1.29 is 14.6 Å². The van der Waals surface area contributed by atoms with Gasteiger partial charge in [0.2, 0.25) is 5.91 Å². The fourth-order valence-electron chi connectivity index (χ4n) is 3.50. The van der Waals surface area contributed by atoms with E-state index in [1.807, 2.05) is 0 Å². The third kappa shape index (κ3) is 11.4. The molecule has 0 bridgehead atoms. The zero-order chi connectivity index (χ0) is 19.7. The Hall–Kier alpha value is -1.07. The number of carbonyl (C=O) groups is 1. The number of nitrogens with zero attached hydrogens (tertiary/aromatic N) is 1. The number of hydrogen-bond donors (Lipinski definition) is 1. The average molecular weight is 383 g/mol. The SMILES string of the molecule is C=C(CCCCCNC(=O)CCCCCC)N1CCCC1COOCCC. The van der Waals surface area contributed by atoms with Crippen LogP contribution in [0.15, 0.2) is 12.3 Å². The standard InChI is InChI=1S/C22H42N2O3/c1-4-6-7-10-15-22(25)23-16-11-8-9-13-20(3)24-17-12-14-21(24)19-27-26-18-5-2/h21H,3-19H2,1-2H3,(H,23,25). The Balaban J connectivity index is 2.03. The second kappa shape index (κ2) is 15.9. The average Bonchev–Trinajstić information content (AvgIpc) is 3.13. The van der Waals surface area contributed by atoms with Gasteiger partial charge in [-0.3, -0.25) is 4.79 Å². The summed E-state index contributed by atoms with van der Waals surface area (Å²) in [5, 5.41) is 3.04. The molecule has 1 fully saturated rings. The molecule has 1 unspecified atom stereocenters. The Morgan fingerprint density at radius 3 is 2.59 bits per heavy atom. The molecular formula is C22H42N2O3. The molecule has 1 N–H and O–H groups in total. The van der Waals surface area contributed by atoms with Crippen molar-refractivity contribution in [2.24, 2.45) is 0 Å². The molecule has 0 aromatic carbocycles. The highest BCUT2D eigenvalue weighted by Crippen LogP contribution is 2.24. The van der Waals surface area contributed by atoms with E-state index >= 15 is 0 Å². The minimum absolute atomic E-state index is 0.209. The lowest BCUT2D eigenvalue weighted by atomic mass is 10.1. The summed E-state index contributed by atoms with van der Waals surface area (Å²) in [5.41, 5.74) is 1.22. The first-order chi connectivity index (χ1) is 13.2. The Bertz CT molecular complexity index is 401. The maximum absolute atomic E-state index is 11.7. The van der Waals surface area contributed by atoms with E-state index in [0.29, 0.717) is 25.7 Å². The van der Waals surface area contributed by atoms with Gasteiger partial charge in [0, 0.05) is 25.2 Å². The molecule has 0 aromatic heterocycles. The molecule has 1 saturated heterocycles. The largest absolute Gasteiger partial charge is 0.370 e. The molecule has 1 amide bonds. The Labute approximate surface area is 166 Å². The minimum Gasteiger partial charge on any atom is -0.370 e. The molecule has 158 valence electrons. The summed E-state index contributed by atoms with van der Waals surface area (Å²) in [4.78, 5) is 24.6. The van der Waals surface area contributed by atoms with Gasteiger partial charge in [0.15, 0.2) is 0 Å². The van der Waals surface area contributed by atoms with Gasteiger partial charge in [0.05, 0.1) is 12.6 Å². The maximum Gasteiger partial charge on any atom is 0.219 e. The van der Waals surface area contributed by atoms with Gasteiger partial charge in [-0.05, 0) is 44.9 Å². The van der Waals surface area contributed by atoms with Crippen LogP contribution in [-0.4, -0.2) is 43.2 Å². The number of rotatable bonds is 17. The van der Waals surface area contributed by atoms with Crippen molar-refractivity contribution in [1.29, 1.82) is 0 Å². The summed E-state index contributed by atoms with van der Waals surface area (Å²) in [5.74, 6) is 0.209. The van der Waals surface area contributed by atoms with Crippen LogP contribution in [0.5, 0.6) is 0 Å². The number of unbranched alkanes of at least 4 members (excludes halogenated alkanes) is 5. The summed E-state index contributed by atoms with van der Waals surface area (Å²) < 4.78 is 0. The van der Waals surface area contributed by atoms with E-state index in [1.165, 1.54) is 31.4 Å². The van der Waals surface area contributed by atoms with Gasteiger partial charge in [-0.15, -0.1) is 0 Å². The fourth-order valence-corrected chi connectivity index (χ4v) is 3.50. The first kappa shape index (κ1) is 24.0. The van der Waals surface area contributed by atoms with E-state index in [9.17, 15) is 4.79 Å². The van der Waals surface area contributed by atoms with Crippen LogP contribution in [-0.2, 0) is 14.6 Å². The monoisotopic (exact) mass is 382 g/mol. The van der Waals surface area contributed by atoms with Gasteiger partial charge in [-0.25, -0.2) is 9.78 Å². The molecule has 0 aliphatic carbocycles. The van der Waals surface area contributed by atoms with Crippen LogP contribution in [0.25, 0.3) is 0 Å². The molecule has 1 aliphatic heterocycles. The predicted molar refractivity (Wildman–Crippen MR) is 111 cm³/mol. The number of amides is 1. The molecule has 0 saturated carbocycles. The Morgan fingerprint density at radius 2 is 1.81 bits per heavy atom. The van der Waals surface area contributed by atoms with Gasteiger partial charge < -0.3 is 10.2 Å². The van der Waals surface area contributed by atoms with Gasteiger partial charge in [-0.1, -0.05) is 46.1 Å². The molecule has 0 aromatic rings. The van der Waals surface area contributed by atoms with Crippen LogP contribution in [0.2, 0.25) is 0 Å². The lowest BCUT2D eigenvalue weighted by Crippen LogP contribution is -2.32. The highest BCUT2D eigenvalue weighted by Gasteiger charge is 2.25. The summed E-state index contributed by atoms with van der Waals surface area (Å²) in [6.45, 7) is 11.7. The van der Waals surface area contributed by atoms with E-state index in [2.05, 4.69) is 30.6 Å². The van der Waals surface area contributed by atoms with Crippen molar-refractivity contribution >= 4 is 5.91 Å². The van der Waals surface area contributed by atoms with E-state index in [-0.39, 0.29) is 5.91 Å². The zero-order valence-electron chi connectivity index (χ0n) is 17.8. The van der Waals surface area contributed by atoms with Crippen molar-refractivity contribution in [1.82, 2.24) is 10.2 Å². The van der Waals surface area contributed by atoms with Crippen LogP contribution in [0.4, 0.5) is 0 Å². The first-order valence-corrected chi connectivity index (χ1v) is 11.1. The second-order valence-corrected chi connectivity index (χ2v) is 7.63. The van der Waals surface area contributed by atoms with Crippen LogP contribution in [0.3, 0.4) is 0 Å². The normalized spacial score (nSPS) is 16.7. The summed E-state index contributed by atoms with van der Waals surface area (Å²) in [7, 11) is 0. The highest BCUT2D eigenvalue weighted by molar-refractivity contribution is 5.75. The molecule has 1 atom stereocenters. The minimum atomic E-state index is 0.209. The Morgan fingerprint density at radius 1 is 1.04 bits per heavy atom. The second-order valence-electron chi connectivity index (χ2n) is 7.63. The third-order valence-corrected chi connectivity index (χ3v) is 5.14. The van der Waals surface area contributed by atoms with Crippen LogP contribution in [0.1, 0.15) is 90.9 Å². The number of likely N-dealkylation sites (tertiary alicyclic amines) is 1. The van der Waals surface area contributed by atoms with Crippen molar-refractivity contribution in [3.05, 3.63) is 12.3 Å². The van der Waals surface area contributed by atoms with Gasteiger partial charge in [-0.2, -0.15) is 0 Å². The number of carbonyl (C=O) groups excluding carboxylic acids is 1. The molecule has 0 spiro atoms. The van der Waals surface area contributed by atoms with Gasteiger partial charge >= 0.3 is 0 Å². The van der Waals surface area contributed by atoms with Gasteiger partial charge in [0.1, 0.15) is 6.61 Å². The van der Waals surface area contributed by atoms with Crippen molar-refractivity contribution in [3.63, 3.8) is 0 Å². The molecule has 5 heteroatoms. The van der Waals surface area contributed by atoms with Gasteiger partial charge in [0.25, 0.3) is 0 Å². The topological polar surface area (TPSA) is 50.8 Å². The van der Waals surface area contributed by atoms with Crippen molar-refractivity contribution in [3.8, 4) is 0 Å². The molecule has 27 heavy (non-hydrogen) atoms. The summed E-state index contributed by atoms with van der Waals surface area (Å²) in [6.07, 6.45) is 13.0. The lowest BCUT2D eigenvalue weighted by molar-refractivity contribution is -0.299. The maximum atomic E-state index is 11.7. The Kier molecular flexibility index (Phi) is 14.1. The quantitative estimate of drug-likeness (QED) is 0.219. The van der Waals surface area contributed by atoms with E-state index in [0.717, 1.165) is 58.0 Å². The molecule has 1 heterocycles. The molecular weight excluding hydrogens is 340 g/mol. The number of allylic oxidation sites excluding steroid dienone is 1. The number of nitrogens with one attached hydrogen (secondary N) is 1. The first-order valence-electron chi connectivity index (χ1n) is 11.1. The van der Waals surface area contributed by atoms with Crippen LogP contribution < -0.4 is 5.32 Å². The van der Waals surface area contributed by atoms with Crippen molar-refractivity contribution in [2.75, 3.05) is 26.3 Å². The van der Waals surface area contributed by atoms with E-state index < -0.39 is 0 Å². The summed E-state index contributed by atoms with van der Waals surface area (Å²) >= 11 is 0. The van der Waals surface area contributed by atoms with E-state index in [4.69, 9.17) is 9.78 Å². The zero-order valence-corrected chi connectivity index (χ0v) is 17.8. The third-order valence-electron chi connectivity index (χ3n) is 5.14. The number of hydrogen-bond acceptors (Lipinski definition) is 4. The van der Waals surface area contributed by atoms with Crippen molar-refractivity contribution in [2.45, 2.75) is 96.9 Å².